The fourth-order valence-corrected chi connectivity index (χ4v) is 5.52. The fraction of sp³-hybridized carbons (Fsp3) is 0.357. The molecule has 0 aliphatic carbocycles. The monoisotopic (exact) mass is 528 g/mol. The molecule has 0 radical (unpaired) electrons. The Bertz CT molecular complexity index is 1250. The Kier molecular flexibility index (Phi) is 8.32. The molecule has 2 heterocycles. The summed E-state index contributed by atoms with van der Waals surface area (Å²) in [6, 6.07) is 13.1. The van der Waals surface area contributed by atoms with E-state index >= 15 is 0 Å². The van der Waals surface area contributed by atoms with Gasteiger partial charge in [-0.15, -0.1) is 11.3 Å². The molecule has 2 amide bonds. The molecule has 0 N–H and O–H groups in total. The van der Waals surface area contributed by atoms with Crippen LogP contribution in [0.5, 0.6) is 5.75 Å². The predicted octanol–water partition coefficient (Wildman–Crippen LogP) is 6.15. The Balaban J connectivity index is 1.55. The van der Waals surface area contributed by atoms with Gasteiger partial charge in [0.25, 0.3) is 5.91 Å². The third kappa shape index (κ3) is 5.90. The van der Waals surface area contributed by atoms with Gasteiger partial charge in [-0.2, -0.15) is 0 Å². The van der Waals surface area contributed by atoms with E-state index in [0.717, 1.165) is 17.5 Å². The van der Waals surface area contributed by atoms with E-state index in [4.69, 9.17) is 16.3 Å². The van der Waals surface area contributed by atoms with Crippen LogP contribution < -0.4 is 4.74 Å². The Morgan fingerprint density at radius 3 is 2.72 bits per heavy atom. The third-order valence-corrected chi connectivity index (χ3v) is 7.68. The van der Waals surface area contributed by atoms with Crippen molar-refractivity contribution in [2.45, 2.75) is 33.2 Å². The minimum absolute atomic E-state index is 0.0253. The summed E-state index contributed by atoms with van der Waals surface area (Å²) in [4.78, 5) is 31.3. The molecular formula is C28H30ClFN2O3S. The molecule has 0 fully saturated rings. The summed E-state index contributed by atoms with van der Waals surface area (Å²) >= 11 is 7.83. The highest BCUT2D eigenvalue weighted by atomic mass is 35.5. The first-order valence-electron chi connectivity index (χ1n) is 12.0. The number of hydrogen-bond donors (Lipinski definition) is 0. The number of carbonyl (C=O) groups excluding carboxylic acids is 2. The molecular weight excluding hydrogens is 499 g/mol. The van der Waals surface area contributed by atoms with E-state index < -0.39 is 11.7 Å². The van der Waals surface area contributed by atoms with E-state index in [0.29, 0.717) is 23.9 Å². The van der Waals surface area contributed by atoms with Crippen molar-refractivity contribution in [1.82, 2.24) is 9.80 Å². The van der Waals surface area contributed by atoms with Crippen LogP contribution in [0.4, 0.5) is 4.39 Å². The maximum Gasteiger partial charge on any atom is 0.257 e. The molecule has 1 aromatic heterocycles. The minimum Gasteiger partial charge on any atom is -0.491 e. The van der Waals surface area contributed by atoms with Crippen molar-refractivity contribution in [1.29, 1.82) is 0 Å². The lowest BCUT2D eigenvalue weighted by Gasteiger charge is -2.37. The van der Waals surface area contributed by atoms with Crippen molar-refractivity contribution in [3.8, 4) is 5.75 Å². The molecule has 0 saturated carbocycles. The van der Waals surface area contributed by atoms with Gasteiger partial charge in [0, 0.05) is 23.0 Å². The van der Waals surface area contributed by atoms with Gasteiger partial charge >= 0.3 is 0 Å². The molecule has 0 spiro atoms. The third-order valence-electron chi connectivity index (χ3n) is 6.26. The van der Waals surface area contributed by atoms with Gasteiger partial charge in [0.15, 0.2) is 0 Å². The average molecular weight is 529 g/mol. The van der Waals surface area contributed by atoms with E-state index in [9.17, 15) is 14.0 Å². The quantitative estimate of drug-likeness (QED) is 0.352. The summed E-state index contributed by atoms with van der Waals surface area (Å²) in [5.74, 6) is -0.450. The minimum atomic E-state index is -0.589. The highest BCUT2D eigenvalue weighted by molar-refractivity contribution is 7.10. The van der Waals surface area contributed by atoms with Gasteiger partial charge in [-0.05, 0) is 72.2 Å². The molecule has 190 valence electrons. The first-order chi connectivity index (χ1) is 17.2. The topological polar surface area (TPSA) is 49.9 Å². The summed E-state index contributed by atoms with van der Waals surface area (Å²) in [5, 5.41) is 2.70. The van der Waals surface area contributed by atoms with Crippen LogP contribution >= 0.6 is 22.9 Å². The molecule has 1 atom stereocenters. The molecule has 8 heteroatoms. The number of ether oxygens (including phenoxy) is 1. The van der Waals surface area contributed by atoms with Crippen LogP contribution in [0.1, 0.15) is 46.3 Å². The average Bonchev–Trinajstić information content (AvgIpc) is 3.33. The summed E-state index contributed by atoms with van der Waals surface area (Å²) < 4.78 is 20.5. The van der Waals surface area contributed by atoms with E-state index in [1.165, 1.54) is 21.9 Å². The number of amides is 2. The van der Waals surface area contributed by atoms with Gasteiger partial charge in [-0.25, -0.2) is 4.39 Å². The normalized spacial score (nSPS) is 15.1. The van der Waals surface area contributed by atoms with Crippen LogP contribution in [-0.2, 0) is 11.2 Å². The highest BCUT2D eigenvalue weighted by Gasteiger charge is 2.34. The van der Waals surface area contributed by atoms with Crippen molar-refractivity contribution >= 4 is 34.8 Å². The van der Waals surface area contributed by atoms with Gasteiger partial charge in [0.1, 0.15) is 24.7 Å². The second kappa shape index (κ2) is 11.4. The molecule has 0 saturated heterocycles. The SMILES string of the molecule is Cc1cc(OC[C@H]2c3ccsc3CCN2C(=O)CN(CC(C)C)C(=O)c2ccccc2F)ccc1Cl. The van der Waals surface area contributed by atoms with Crippen molar-refractivity contribution in [3.63, 3.8) is 0 Å². The standard InChI is InChI=1S/C28H30ClFN2O3S/c1-18(2)15-31(28(34)21-6-4-5-7-24(21)30)16-27(33)32-12-10-26-22(11-13-36-26)25(32)17-35-20-8-9-23(29)19(3)14-20/h4-9,11,13-14,18,25H,10,12,15-17H2,1-3H3/t25-/m0/s1. The molecule has 5 nitrogen and oxygen atoms in total. The number of aryl methyl sites for hydroxylation is 1. The predicted molar refractivity (Wildman–Crippen MR) is 141 cm³/mol. The van der Waals surface area contributed by atoms with Crippen molar-refractivity contribution in [2.24, 2.45) is 5.92 Å². The molecule has 0 bridgehead atoms. The smallest absolute Gasteiger partial charge is 0.257 e. The summed E-state index contributed by atoms with van der Waals surface area (Å²) in [6.45, 7) is 6.89. The lowest BCUT2D eigenvalue weighted by molar-refractivity contribution is -0.135. The van der Waals surface area contributed by atoms with Gasteiger partial charge in [0.2, 0.25) is 5.91 Å². The molecule has 1 aliphatic heterocycles. The van der Waals surface area contributed by atoms with E-state index in [1.807, 2.05) is 44.4 Å². The molecule has 2 aromatic carbocycles. The molecule has 1 aliphatic rings. The second-order valence-corrected chi connectivity index (χ2v) is 10.8. The number of hydrogen-bond acceptors (Lipinski definition) is 4. The lowest BCUT2D eigenvalue weighted by Crippen LogP contribution is -2.48. The molecule has 4 rings (SSSR count). The molecule has 3 aromatic rings. The van der Waals surface area contributed by atoms with E-state index in [1.54, 1.807) is 34.4 Å². The Labute approximate surface area is 220 Å². The van der Waals surface area contributed by atoms with Crippen LogP contribution in [-0.4, -0.2) is 47.9 Å². The summed E-state index contributed by atoms with van der Waals surface area (Å²) in [5.41, 5.74) is 1.96. The van der Waals surface area contributed by atoms with Gasteiger partial charge in [0.05, 0.1) is 11.6 Å². The Morgan fingerprint density at radius 1 is 1.22 bits per heavy atom. The number of thiophene rings is 1. The summed E-state index contributed by atoms with van der Waals surface area (Å²) in [6.07, 6.45) is 0.751. The molecule has 0 unspecified atom stereocenters. The zero-order valence-electron chi connectivity index (χ0n) is 20.7. The highest BCUT2D eigenvalue weighted by Crippen LogP contribution is 2.34. The largest absolute Gasteiger partial charge is 0.491 e. The Hall–Kier alpha value is -2.90. The zero-order chi connectivity index (χ0) is 25.8. The number of fused-ring (bicyclic) bond motifs is 1. The number of benzene rings is 2. The van der Waals surface area contributed by atoms with Crippen LogP contribution in [0.25, 0.3) is 0 Å². The first kappa shape index (κ1) is 26.2. The van der Waals surface area contributed by atoms with Crippen LogP contribution in [0.3, 0.4) is 0 Å². The van der Waals surface area contributed by atoms with Gasteiger partial charge in [-0.1, -0.05) is 37.6 Å². The maximum atomic E-state index is 14.4. The fourth-order valence-electron chi connectivity index (χ4n) is 4.48. The lowest BCUT2D eigenvalue weighted by atomic mass is 10.00. The number of rotatable bonds is 8. The number of nitrogens with zero attached hydrogens (tertiary/aromatic N) is 2. The zero-order valence-corrected chi connectivity index (χ0v) is 22.2. The van der Waals surface area contributed by atoms with Crippen molar-refractivity contribution < 1.29 is 18.7 Å². The van der Waals surface area contributed by atoms with Crippen LogP contribution in [0, 0.1) is 18.7 Å². The van der Waals surface area contributed by atoms with Gasteiger partial charge in [-0.3, -0.25) is 9.59 Å². The van der Waals surface area contributed by atoms with E-state index in [2.05, 4.69) is 0 Å². The maximum absolute atomic E-state index is 14.4. The van der Waals surface area contributed by atoms with Crippen molar-refractivity contribution in [3.05, 3.63) is 86.3 Å². The van der Waals surface area contributed by atoms with Crippen molar-refractivity contribution in [2.75, 3.05) is 26.2 Å². The van der Waals surface area contributed by atoms with Crippen LogP contribution in [0.2, 0.25) is 5.02 Å². The number of carbonyl (C=O) groups is 2. The molecule has 36 heavy (non-hydrogen) atoms. The van der Waals surface area contributed by atoms with Crippen LogP contribution in [0.15, 0.2) is 53.9 Å². The Morgan fingerprint density at radius 2 is 2.00 bits per heavy atom. The second-order valence-electron chi connectivity index (χ2n) is 9.43. The van der Waals surface area contributed by atoms with Gasteiger partial charge < -0.3 is 14.5 Å². The van der Waals surface area contributed by atoms with E-state index in [-0.39, 0.29) is 36.6 Å². The first-order valence-corrected chi connectivity index (χ1v) is 13.3. The summed E-state index contributed by atoms with van der Waals surface area (Å²) in [7, 11) is 0. The number of halogens is 2.